The third-order valence-corrected chi connectivity index (χ3v) is 4.42. The normalized spacial score (nSPS) is 20.6. The Morgan fingerprint density at radius 2 is 1.76 bits per heavy atom. The molecule has 0 radical (unpaired) electrons. The Labute approximate surface area is 127 Å². The van der Waals surface area contributed by atoms with E-state index >= 15 is 0 Å². The predicted octanol–water partition coefficient (Wildman–Crippen LogP) is 1.59. The quantitative estimate of drug-likeness (QED) is 0.827. The van der Waals surface area contributed by atoms with E-state index in [4.69, 9.17) is 9.84 Å². The largest absolute Gasteiger partial charge is 0.493 e. The van der Waals surface area contributed by atoms with Gasteiger partial charge in [-0.3, -0.25) is 9.80 Å². The van der Waals surface area contributed by atoms with E-state index in [1.807, 2.05) is 0 Å². The summed E-state index contributed by atoms with van der Waals surface area (Å²) in [6.45, 7) is 7.13. The number of benzene rings is 1. The van der Waals surface area contributed by atoms with E-state index in [2.05, 4.69) is 34.1 Å². The second kappa shape index (κ2) is 7.25. The third kappa shape index (κ3) is 4.43. The minimum Gasteiger partial charge on any atom is -0.493 e. The summed E-state index contributed by atoms with van der Waals surface area (Å²) in [6.07, 6.45) is 2.66. The zero-order valence-corrected chi connectivity index (χ0v) is 12.7. The van der Waals surface area contributed by atoms with Crippen LogP contribution in [0.25, 0.3) is 0 Å². The van der Waals surface area contributed by atoms with E-state index in [1.54, 1.807) is 0 Å². The summed E-state index contributed by atoms with van der Waals surface area (Å²) in [6, 6.07) is 8.44. The first-order valence-corrected chi connectivity index (χ1v) is 8.11. The van der Waals surface area contributed by atoms with Gasteiger partial charge in [0.05, 0.1) is 13.2 Å². The van der Waals surface area contributed by atoms with Gasteiger partial charge in [0.15, 0.2) is 0 Å². The summed E-state index contributed by atoms with van der Waals surface area (Å²) < 4.78 is 5.99. The standard InChI is InChI=1S/C17H26N2O2/c20-12-11-18-7-9-19(10-8-18)13-16-3-1-2-4-17(16)21-14-15-5-6-15/h1-4,15,20H,5-14H2. The maximum atomic E-state index is 8.99. The zero-order chi connectivity index (χ0) is 14.5. The molecule has 0 bridgehead atoms. The first-order chi connectivity index (χ1) is 10.3. The van der Waals surface area contributed by atoms with E-state index in [9.17, 15) is 0 Å². The van der Waals surface area contributed by atoms with Gasteiger partial charge in [0.25, 0.3) is 0 Å². The Hall–Kier alpha value is -1.10. The molecule has 0 atom stereocenters. The summed E-state index contributed by atoms with van der Waals surface area (Å²) >= 11 is 0. The lowest BCUT2D eigenvalue weighted by Crippen LogP contribution is -2.46. The molecule has 4 nitrogen and oxygen atoms in total. The van der Waals surface area contributed by atoms with Crippen LogP contribution in [0.4, 0.5) is 0 Å². The van der Waals surface area contributed by atoms with Crippen LogP contribution in [0, 0.1) is 5.92 Å². The summed E-state index contributed by atoms with van der Waals surface area (Å²) in [5.41, 5.74) is 1.30. The van der Waals surface area contributed by atoms with Gasteiger partial charge in [0.2, 0.25) is 0 Å². The second-order valence-corrected chi connectivity index (χ2v) is 6.20. The van der Waals surface area contributed by atoms with E-state index in [-0.39, 0.29) is 6.61 Å². The monoisotopic (exact) mass is 290 g/mol. The number of para-hydroxylation sites is 1. The van der Waals surface area contributed by atoms with Crippen LogP contribution >= 0.6 is 0 Å². The first-order valence-electron chi connectivity index (χ1n) is 8.11. The van der Waals surface area contributed by atoms with Crippen molar-refractivity contribution in [1.82, 2.24) is 9.80 Å². The molecular weight excluding hydrogens is 264 g/mol. The smallest absolute Gasteiger partial charge is 0.123 e. The molecule has 21 heavy (non-hydrogen) atoms. The van der Waals surface area contributed by atoms with Gasteiger partial charge in [-0.15, -0.1) is 0 Å². The van der Waals surface area contributed by atoms with Crippen molar-refractivity contribution in [1.29, 1.82) is 0 Å². The highest BCUT2D eigenvalue weighted by Crippen LogP contribution is 2.30. The van der Waals surface area contributed by atoms with Crippen molar-refractivity contribution in [3.05, 3.63) is 29.8 Å². The lowest BCUT2D eigenvalue weighted by molar-refractivity contribution is 0.107. The van der Waals surface area contributed by atoms with Crippen LogP contribution in [-0.2, 0) is 6.54 Å². The third-order valence-electron chi connectivity index (χ3n) is 4.42. The SMILES string of the molecule is OCCN1CCN(Cc2ccccc2OCC2CC2)CC1. The molecule has 0 amide bonds. The van der Waals surface area contributed by atoms with Crippen LogP contribution in [-0.4, -0.2) is 60.8 Å². The average molecular weight is 290 g/mol. The van der Waals surface area contributed by atoms with Gasteiger partial charge >= 0.3 is 0 Å². The first kappa shape index (κ1) is 14.8. The van der Waals surface area contributed by atoms with Crippen LogP contribution in [0.1, 0.15) is 18.4 Å². The average Bonchev–Trinajstić information content (AvgIpc) is 3.33. The van der Waals surface area contributed by atoms with Crippen LogP contribution in [0.5, 0.6) is 5.75 Å². The van der Waals surface area contributed by atoms with Crippen molar-refractivity contribution in [2.75, 3.05) is 45.9 Å². The molecule has 0 aromatic heterocycles. The molecule has 0 unspecified atom stereocenters. The molecule has 116 valence electrons. The molecule has 2 aliphatic rings. The fourth-order valence-electron chi connectivity index (χ4n) is 2.82. The Bertz CT molecular complexity index is 440. The number of piperazine rings is 1. The summed E-state index contributed by atoms with van der Waals surface area (Å²) in [4.78, 5) is 4.80. The second-order valence-electron chi connectivity index (χ2n) is 6.20. The molecule has 1 saturated carbocycles. The van der Waals surface area contributed by atoms with Crippen molar-refractivity contribution < 1.29 is 9.84 Å². The topological polar surface area (TPSA) is 35.9 Å². The van der Waals surface area contributed by atoms with Crippen molar-refractivity contribution in [3.63, 3.8) is 0 Å². The van der Waals surface area contributed by atoms with Crippen molar-refractivity contribution >= 4 is 0 Å². The number of aliphatic hydroxyl groups excluding tert-OH is 1. The van der Waals surface area contributed by atoms with Crippen molar-refractivity contribution in [3.8, 4) is 5.75 Å². The van der Waals surface area contributed by atoms with Gasteiger partial charge in [-0.1, -0.05) is 18.2 Å². The van der Waals surface area contributed by atoms with Crippen LogP contribution in [0.3, 0.4) is 0 Å². The van der Waals surface area contributed by atoms with Crippen molar-refractivity contribution in [2.45, 2.75) is 19.4 Å². The highest BCUT2D eigenvalue weighted by Gasteiger charge is 2.23. The molecule has 1 aromatic rings. The fourth-order valence-corrected chi connectivity index (χ4v) is 2.82. The van der Waals surface area contributed by atoms with Crippen molar-refractivity contribution in [2.24, 2.45) is 5.92 Å². The van der Waals surface area contributed by atoms with Crippen LogP contribution in [0.2, 0.25) is 0 Å². The van der Waals surface area contributed by atoms with Gasteiger partial charge in [-0.05, 0) is 24.8 Å². The molecule has 1 aromatic carbocycles. The molecule has 1 saturated heterocycles. The molecule has 2 fully saturated rings. The van der Waals surface area contributed by atoms with Gasteiger partial charge in [-0.2, -0.15) is 0 Å². The molecular formula is C17H26N2O2. The molecule has 1 aliphatic carbocycles. The molecule has 0 spiro atoms. The maximum Gasteiger partial charge on any atom is 0.123 e. The Morgan fingerprint density at radius 1 is 1.05 bits per heavy atom. The van der Waals surface area contributed by atoms with Gasteiger partial charge in [0.1, 0.15) is 5.75 Å². The highest BCUT2D eigenvalue weighted by molar-refractivity contribution is 5.33. The fraction of sp³-hybridized carbons (Fsp3) is 0.647. The molecule has 4 heteroatoms. The molecule has 3 rings (SSSR count). The van der Waals surface area contributed by atoms with Crippen LogP contribution in [0.15, 0.2) is 24.3 Å². The van der Waals surface area contributed by atoms with Gasteiger partial charge in [-0.25, -0.2) is 0 Å². The molecule has 1 aliphatic heterocycles. The van der Waals surface area contributed by atoms with Gasteiger partial charge < -0.3 is 9.84 Å². The summed E-state index contributed by atoms with van der Waals surface area (Å²) in [5.74, 6) is 1.85. The highest BCUT2D eigenvalue weighted by atomic mass is 16.5. The lowest BCUT2D eigenvalue weighted by atomic mass is 10.1. The minimum atomic E-state index is 0.262. The predicted molar refractivity (Wildman–Crippen MR) is 83.5 cm³/mol. The van der Waals surface area contributed by atoms with E-state index in [1.165, 1.54) is 18.4 Å². The molecule has 1 heterocycles. The summed E-state index contributed by atoms with van der Waals surface area (Å²) in [5, 5.41) is 8.99. The maximum absolute atomic E-state index is 8.99. The van der Waals surface area contributed by atoms with E-state index < -0.39 is 0 Å². The van der Waals surface area contributed by atoms with E-state index in [0.29, 0.717) is 0 Å². The zero-order valence-electron chi connectivity index (χ0n) is 12.7. The van der Waals surface area contributed by atoms with E-state index in [0.717, 1.165) is 57.5 Å². The number of hydrogen-bond donors (Lipinski definition) is 1. The number of rotatable bonds is 7. The van der Waals surface area contributed by atoms with Crippen LogP contribution < -0.4 is 4.74 Å². The Balaban J connectivity index is 1.52. The number of ether oxygens (including phenoxy) is 1. The molecule has 1 N–H and O–H groups in total. The lowest BCUT2D eigenvalue weighted by Gasteiger charge is -2.34. The number of hydrogen-bond acceptors (Lipinski definition) is 4. The number of aliphatic hydroxyl groups is 1. The minimum absolute atomic E-state index is 0.262. The Morgan fingerprint density at radius 3 is 2.48 bits per heavy atom. The summed E-state index contributed by atoms with van der Waals surface area (Å²) in [7, 11) is 0. The number of β-amino-alcohol motifs (C(OH)–C–C–N with tert-alkyl or cyclic N) is 1. The number of nitrogens with zero attached hydrogens (tertiary/aromatic N) is 2. The van der Waals surface area contributed by atoms with Gasteiger partial charge in [0, 0.05) is 44.8 Å². The Kier molecular flexibility index (Phi) is 5.12.